The van der Waals surface area contributed by atoms with Crippen LogP contribution in [0.3, 0.4) is 0 Å². The highest BCUT2D eigenvalue weighted by molar-refractivity contribution is 6.10. The number of carbonyl (C=O) groups excluding carboxylic acids is 2. The number of para-hydroxylation sites is 1. The van der Waals surface area contributed by atoms with E-state index in [0.717, 1.165) is 11.3 Å². The monoisotopic (exact) mass is 423 g/mol. The summed E-state index contributed by atoms with van der Waals surface area (Å²) in [4.78, 5) is 27.9. The Labute approximate surface area is 183 Å². The predicted molar refractivity (Wildman–Crippen MR) is 118 cm³/mol. The molecule has 1 N–H and O–H groups in total. The summed E-state index contributed by atoms with van der Waals surface area (Å²) in [5, 5.41) is 10.7. The molecule has 1 atom stereocenters. The van der Waals surface area contributed by atoms with Crippen molar-refractivity contribution < 1.29 is 24.2 Å². The van der Waals surface area contributed by atoms with Gasteiger partial charge >= 0.3 is 0 Å². The van der Waals surface area contributed by atoms with Gasteiger partial charge in [-0.2, -0.15) is 0 Å². The fourth-order valence-electron chi connectivity index (χ4n) is 3.78. The number of methoxy groups -OCH3 is 2. The van der Waals surface area contributed by atoms with Gasteiger partial charge in [0.05, 0.1) is 25.8 Å². The van der Waals surface area contributed by atoms with Crippen molar-refractivity contribution >= 4 is 11.7 Å². The van der Waals surface area contributed by atoms with Crippen LogP contribution >= 0.6 is 0 Å². The van der Waals surface area contributed by atoms with Crippen LogP contribution < -0.4 is 9.47 Å². The largest absolute Gasteiger partial charge is 0.503 e. The van der Waals surface area contributed by atoms with E-state index in [-0.39, 0.29) is 11.4 Å². The molecule has 6 heteroatoms. The summed E-state index contributed by atoms with van der Waals surface area (Å²) in [5.41, 5.74) is 1.06. The van der Waals surface area contributed by atoms with Gasteiger partial charge in [-0.05, 0) is 30.2 Å². The van der Waals surface area contributed by atoms with Gasteiger partial charge in [0, 0.05) is 17.5 Å². The molecule has 0 saturated heterocycles. The summed E-state index contributed by atoms with van der Waals surface area (Å²) in [7, 11) is 3.16. The minimum Gasteiger partial charge on any atom is -0.503 e. The molecule has 0 radical (unpaired) electrons. The van der Waals surface area contributed by atoms with E-state index in [9.17, 15) is 14.7 Å². The third-order valence-electron chi connectivity index (χ3n) is 5.46. The van der Waals surface area contributed by atoms with Crippen LogP contribution in [0.2, 0.25) is 0 Å². The van der Waals surface area contributed by atoms with Crippen molar-refractivity contribution in [1.82, 2.24) is 4.90 Å². The second kappa shape index (κ2) is 8.84. The number of hydrogen-bond donors (Lipinski definition) is 1. The first-order valence-electron chi connectivity index (χ1n) is 10.2. The number of aliphatic hydroxyl groups excluding tert-OH is 1. The summed E-state index contributed by atoms with van der Waals surface area (Å²) in [6.07, 6.45) is 0.561. The number of ketones is 1. The highest BCUT2D eigenvalue weighted by atomic mass is 16.5. The number of benzene rings is 2. The van der Waals surface area contributed by atoms with Crippen molar-refractivity contribution in [2.45, 2.75) is 33.2 Å². The van der Waals surface area contributed by atoms with Gasteiger partial charge in [-0.1, -0.05) is 51.1 Å². The third-order valence-corrected chi connectivity index (χ3v) is 5.46. The zero-order valence-corrected chi connectivity index (χ0v) is 18.6. The Balaban J connectivity index is 2.00. The lowest BCUT2D eigenvalue weighted by molar-refractivity contribution is -0.129. The molecule has 0 bridgehead atoms. The first-order valence-corrected chi connectivity index (χ1v) is 10.2. The molecule has 0 fully saturated rings. The zero-order chi connectivity index (χ0) is 22.8. The lowest BCUT2D eigenvalue weighted by atomic mass is 9.82. The molecule has 2 aromatic rings. The number of Topliss-reactive ketones (excluding diaryl/α,β-unsaturated/α-hetero) is 1. The maximum Gasteiger partial charge on any atom is 0.290 e. The highest BCUT2D eigenvalue weighted by Crippen LogP contribution is 2.43. The van der Waals surface area contributed by atoms with Crippen LogP contribution in [0.5, 0.6) is 11.5 Å². The number of aliphatic hydroxyl groups is 1. The van der Waals surface area contributed by atoms with Crippen molar-refractivity contribution in [2.24, 2.45) is 5.41 Å². The molecule has 3 rings (SSSR count). The van der Waals surface area contributed by atoms with Crippen LogP contribution in [-0.4, -0.2) is 42.5 Å². The van der Waals surface area contributed by atoms with E-state index >= 15 is 0 Å². The molecule has 31 heavy (non-hydrogen) atoms. The first kappa shape index (κ1) is 22.4. The first-order chi connectivity index (χ1) is 14.7. The van der Waals surface area contributed by atoms with E-state index in [1.165, 1.54) is 0 Å². The van der Waals surface area contributed by atoms with E-state index in [0.29, 0.717) is 24.3 Å². The molecule has 0 spiro atoms. The standard InChI is InChI=1S/C25H29NO5/c1-25(2,3)23(28)20-21(18-8-6-7-9-19(18)31-5)26(24(29)22(20)27)15-14-16-10-12-17(30-4)13-11-16/h6-13,21,27H,14-15H2,1-5H3. The molecule has 0 aromatic heterocycles. The van der Waals surface area contributed by atoms with Crippen molar-refractivity contribution in [3.63, 3.8) is 0 Å². The van der Waals surface area contributed by atoms with Gasteiger partial charge in [-0.15, -0.1) is 0 Å². The topological polar surface area (TPSA) is 76.1 Å². The van der Waals surface area contributed by atoms with Gasteiger partial charge < -0.3 is 19.5 Å². The van der Waals surface area contributed by atoms with Gasteiger partial charge in [0.1, 0.15) is 11.5 Å². The Kier molecular flexibility index (Phi) is 6.39. The summed E-state index contributed by atoms with van der Waals surface area (Å²) in [5.74, 6) is 0.0257. The average Bonchev–Trinajstić information content (AvgIpc) is 3.01. The number of rotatable bonds is 7. The molecular weight excluding hydrogens is 394 g/mol. The van der Waals surface area contributed by atoms with Crippen LogP contribution in [0.25, 0.3) is 0 Å². The fourth-order valence-corrected chi connectivity index (χ4v) is 3.78. The molecule has 0 aliphatic carbocycles. The summed E-state index contributed by atoms with van der Waals surface area (Å²) < 4.78 is 10.7. The number of hydrogen-bond acceptors (Lipinski definition) is 5. The summed E-state index contributed by atoms with van der Waals surface area (Å²) >= 11 is 0. The van der Waals surface area contributed by atoms with Crippen LogP contribution in [-0.2, 0) is 16.0 Å². The van der Waals surface area contributed by atoms with E-state index in [1.54, 1.807) is 46.0 Å². The Bertz CT molecular complexity index is 1000. The van der Waals surface area contributed by atoms with Crippen LogP contribution in [0.4, 0.5) is 0 Å². The van der Waals surface area contributed by atoms with Crippen molar-refractivity contribution in [2.75, 3.05) is 20.8 Å². The SMILES string of the molecule is COc1ccc(CCN2C(=O)C(O)=C(C(=O)C(C)(C)C)C2c2ccccc2OC)cc1. The van der Waals surface area contributed by atoms with Crippen LogP contribution in [0, 0.1) is 5.41 Å². The third kappa shape index (κ3) is 4.43. The van der Waals surface area contributed by atoms with Gasteiger partial charge in [-0.3, -0.25) is 9.59 Å². The zero-order valence-electron chi connectivity index (χ0n) is 18.6. The van der Waals surface area contributed by atoms with Gasteiger partial charge in [0.2, 0.25) is 0 Å². The van der Waals surface area contributed by atoms with E-state index < -0.39 is 23.1 Å². The second-order valence-corrected chi connectivity index (χ2v) is 8.58. The van der Waals surface area contributed by atoms with Crippen molar-refractivity contribution in [3.05, 3.63) is 71.0 Å². The molecule has 1 unspecified atom stereocenters. The molecule has 164 valence electrons. The van der Waals surface area contributed by atoms with Gasteiger partial charge in [0.15, 0.2) is 11.5 Å². The Hall–Kier alpha value is -3.28. The summed E-state index contributed by atoms with van der Waals surface area (Å²) in [6, 6.07) is 14.2. The van der Waals surface area contributed by atoms with Crippen molar-refractivity contribution in [1.29, 1.82) is 0 Å². The lowest BCUT2D eigenvalue weighted by Crippen LogP contribution is -2.34. The molecular formula is C25H29NO5. The molecule has 2 aromatic carbocycles. The quantitative estimate of drug-likeness (QED) is 0.720. The fraction of sp³-hybridized carbons (Fsp3) is 0.360. The molecule has 6 nitrogen and oxygen atoms in total. The highest BCUT2D eigenvalue weighted by Gasteiger charge is 2.46. The lowest BCUT2D eigenvalue weighted by Gasteiger charge is -2.29. The number of nitrogens with zero attached hydrogens (tertiary/aromatic N) is 1. The number of carbonyl (C=O) groups is 2. The molecule has 1 aliphatic rings. The van der Waals surface area contributed by atoms with Gasteiger partial charge in [-0.25, -0.2) is 0 Å². The Morgan fingerprint density at radius 2 is 1.68 bits per heavy atom. The predicted octanol–water partition coefficient (Wildman–Crippen LogP) is 4.26. The average molecular weight is 424 g/mol. The van der Waals surface area contributed by atoms with E-state index in [4.69, 9.17) is 9.47 Å². The molecule has 1 aliphatic heterocycles. The molecule has 0 saturated carbocycles. The van der Waals surface area contributed by atoms with Gasteiger partial charge in [0.25, 0.3) is 5.91 Å². The maximum absolute atomic E-state index is 13.2. The maximum atomic E-state index is 13.2. The van der Waals surface area contributed by atoms with Crippen LogP contribution in [0.1, 0.15) is 37.9 Å². The minimum atomic E-state index is -0.754. The van der Waals surface area contributed by atoms with E-state index in [1.807, 2.05) is 42.5 Å². The number of amides is 1. The summed E-state index contributed by atoms with van der Waals surface area (Å²) in [6.45, 7) is 5.66. The minimum absolute atomic E-state index is 0.122. The second-order valence-electron chi connectivity index (χ2n) is 8.58. The Morgan fingerprint density at radius 1 is 1.03 bits per heavy atom. The smallest absolute Gasteiger partial charge is 0.290 e. The normalized spacial score (nSPS) is 16.6. The van der Waals surface area contributed by atoms with Crippen LogP contribution in [0.15, 0.2) is 59.9 Å². The Morgan fingerprint density at radius 3 is 2.26 bits per heavy atom. The van der Waals surface area contributed by atoms with E-state index in [2.05, 4.69) is 0 Å². The molecule has 1 heterocycles. The molecule has 1 amide bonds. The number of ether oxygens (including phenoxy) is 2. The van der Waals surface area contributed by atoms with Crippen molar-refractivity contribution in [3.8, 4) is 11.5 Å².